The van der Waals surface area contributed by atoms with E-state index >= 15 is 0 Å². The molecule has 0 aliphatic rings. The average molecular weight is 335 g/mol. The minimum atomic E-state index is -0.477. The topological polar surface area (TPSA) is 83.6 Å². The molecule has 0 radical (unpaired) electrons. The Hall–Kier alpha value is -2.80. The van der Waals surface area contributed by atoms with Crippen LogP contribution in [0.4, 0.5) is 26.7 Å². The highest BCUT2D eigenvalue weighted by Crippen LogP contribution is 2.19. The van der Waals surface area contributed by atoms with E-state index < -0.39 is 12.1 Å². The standard InChI is InChI=1S/C15H15ClN4O3/c1-20(15(22)23-2)11-7-5-10(6-8-11)18-14(21)19-12-4-3-9-17-13(12)16/h3-9H,1-2H3,(H2,18,19,21). The quantitative estimate of drug-likeness (QED) is 0.840. The van der Waals surface area contributed by atoms with Crippen LogP contribution in [0.15, 0.2) is 42.6 Å². The predicted octanol–water partition coefficient (Wildman–Crippen LogP) is 3.58. The number of amides is 3. The number of benzene rings is 1. The van der Waals surface area contributed by atoms with Gasteiger partial charge in [0.1, 0.15) is 0 Å². The Bertz CT molecular complexity index is 706. The zero-order chi connectivity index (χ0) is 16.8. The Morgan fingerprint density at radius 2 is 1.87 bits per heavy atom. The molecule has 1 heterocycles. The maximum Gasteiger partial charge on any atom is 0.413 e. The Labute approximate surface area is 138 Å². The van der Waals surface area contributed by atoms with Crippen molar-refractivity contribution in [3.63, 3.8) is 0 Å². The number of methoxy groups -OCH3 is 1. The maximum absolute atomic E-state index is 11.9. The third-order valence-electron chi connectivity index (χ3n) is 2.97. The third kappa shape index (κ3) is 4.33. The van der Waals surface area contributed by atoms with Gasteiger partial charge in [-0.05, 0) is 36.4 Å². The van der Waals surface area contributed by atoms with Gasteiger partial charge in [-0.1, -0.05) is 11.6 Å². The highest BCUT2D eigenvalue weighted by atomic mass is 35.5. The Balaban J connectivity index is 1.99. The van der Waals surface area contributed by atoms with Crippen LogP contribution < -0.4 is 15.5 Å². The molecule has 23 heavy (non-hydrogen) atoms. The monoisotopic (exact) mass is 334 g/mol. The van der Waals surface area contributed by atoms with Crippen molar-refractivity contribution in [2.75, 3.05) is 29.7 Å². The van der Waals surface area contributed by atoms with Crippen molar-refractivity contribution in [3.8, 4) is 0 Å². The van der Waals surface area contributed by atoms with Crippen molar-refractivity contribution in [1.82, 2.24) is 4.98 Å². The minimum Gasteiger partial charge on any atom is -0.452 e. The summed E-state index contributed by atoms with van der Waals surface area (Å²) in [5, 5.41) is 5.46. The summed E-state index contributed by atoms with van der Waals surface area (Å²) in [4.78, 5) is 28.5. The highest BCUT2D eigenvalue weighted by molar-refractivity contribution is 6.32. The summed E-state index contributed by atoms with van der Waals surface area (Å²) in [6.07, 6.45) is 1.05. The van der Waals surface area contributed by atoms with E-state index in [1.54, 1.807) is 43.4 Å². The van der Waals surface area contributed by atoms with E-state index in [1.165, 1.54) is 18.2 Å². The molecule has 0 fully saturated rings. The first-order valence-electron chi connectivity index (χ1n) is 6.61. The van der Waals surface area contributed by atoms with Gasteiger partial charge in [-0.3, -0.25) is 4.90 Å². The maximum atomic E-state index is 11.9. The number of carbonyl (C=O) groups excluding carboxylic acids is 2. The molecule has 2 N–H and O–H groups in total. The van der Waals surface area contributed by atoms with E-state index in [0.717, 1.165) is 0 Å². The molecule has 2 aromatic rings. The lowest BCUT2D eigenvalue weighted by Crippen LogP contribution is -2.25. The number of nitrogens with one attached hydrogen (secondary N) is 2. The zero-order valence-corrected chi connectivity index (χ0v) is 13.3. The number of hydrogen-bond acceptors (Lipinski definition) is 4. The third-order valence-corrected chi connectivity index (χ3v) is 3.27. The van der Waals surface area contributed by atoms with Crippen LogP contribution in [0.5, 0.6) is 0 Å². The van der Waals surface area contributed by atoms with Gasteiger partial charge in [0.05, 0.1) is 12.8 Å². The van der Waals surface area contributed by atoms with Gasteiger partial charge in [-0.15, -0.1) is 0 Å². The molecule has 0 bridgehead atoms. The summed E-state index contributed by atoms with van der Waals surface area (Å²) in [5.41, 5.74) is 1.61. The Kier molecular flexibility index (Phi) is 5.37. The lowest BCUT2D eigenvalue weighted by atomic mass is 10.2. The van der Waals surface area contributed by atoms with Crippen molar-refractivity contribution >= 4 is 40.8 Å². The van der Waals surface area contributed by atoms with Gasteiger partial charge in [0, 0.05) is 24.6 Å². The number of pyridine rings is 1. The van der Waals surface area contributed by atoms with Crippen molar-refractivity contribution in [3.05, 3.63) is 47.7 Å². The second-order valence-electron chi connectivity index (χ2n) is 4.50. The molecule has 2 rings (SSSR count). The van der Waals surface area contributed by atoms with Gasteiger partial charge >= 0.3 is 12.1 Å². The van der Waals surface area contributed by atoms with Gasteiger partial charge in [0.2, 0.25) is 0 Å². The lowest BCUT2D eigenvalue weighted by Gasteiger charge is -2.16. The van der Waals surface area contributed by atoms with Crippen LogP contribution >= 0.6 is 11.6 Å². The van der Waals surface area contributed by atoms with Gasteiger partial charge in [0.15, 0.2) is 5.15 Å². The van der Waals surface area contributed by atoms with E-state index in [2.05, 4.69) is 20.4 Å². The largest absolute Gasteiger partial charge is 0.452 e. The van der Waals surface area contributed by atoms with Crippen LogP contribution in [0.25, 0.3) is 0 Å². The van der Waals surface area contributed by atoms with E-state index in [9.17, 15) is 9.59 Å². The van der Waals surface area contributed by atoms with Crippen molar-refractivity contribution in [2.24, 2.45) is 0 Å². The fourth-order valence-electron chi connectivity index (χ4n) is 1.77. The Morgan fingerprint density at radius 1 is 1.17 bits per heavy atom. The molecule has 3 amide bonds. The molecule has 0 atom stereocenters. The van der Waals surface area contributed by atoms with Crippen LogP contribution in [-0.4, -0.2) is 31.3 Å². The molecule has 0 saturated heterocycles. The molecule has 7 nitrogen and oxygen atoms in total. The molecular weight excluding hydrogens is 320 g/mol. The number of aromatic nitrogens is 1. The first-order chi connectivity index (χ1) is 11.0. The molecular formula is C15H15ClN4O3. The number of carbonyl (C=O) groups is 2. The number of ether oxygens (including phenoxy) is 1. The number of rotatable bonds is 3. The summed E-state index contributed by atoms with van der Waals surface area (Å²) in [6.45, 7) is 0. The first-order valence-corrected chi connectivity index (χ1v) is 6.99. The summed E-state index contributed by atoms with van der Waals surface area (Å²) in [7, 11) is 2.90. The second-order valence-corrected chi connectivity index (χ2v) is 4.85. The molecule has 0 saturated carbocycles. The number of urea groups is 1. The van der Waals surface area contributed by atoms with E-state index in [4.69, 9.17) is 11.6 Å². The fourth-order valence-corrected chi connectivity index (χ4v) is 1.94. The van der Waals surface area contributed by atoms with Crippen molar-refractivity contribution < 1.29 is 14.3 Å². The van der Waals surface area contributed by atoms with E-state index in [1.807, 2.05) is 0 Å². The SMILES string of the molecule is COC(=O)N(C)c1ccc(NC(=O)Nc2cccnc2Cl)cc1. The van der Waals surface area contributed by atoms with Crippen LogP contribution in [0, 0.1) is 0 Å². The van der Waals surface area contributed by atoms with E-state index in [0.29, 0.717) is 17.1 Å². The van der Waals surface area contributed by atoms with Crippen LogP contribution in [0.3, 0.4) is 0 Å². The lowest BCUT2D eigenvalue weighted by molar-refractivity contribution is 0.180. The molecule has 1 aromatic carbocycles. The molecule has 120 valence electrons. The predicted molar refractivity (Wildman–Crippen MR) is 89.1 cm³/mol. The summed E-state index contributed by atoms with van der Waals surface area (Å²) in [5.74, 6) is 0. The molecule has 1 aromatic heterocycles. The van der Waals surface area contributed by atoms with Crippen LogP contribution in [0.1, 0.15) is 0 Å². The highest BCUT2D eigenvalue weighted by Gasteiger charge is 2.11. The molecule has 0 aliphatic carbocycles. The second kappa shape index (κ2) is 7.46. The fraction of sp³-hybridized carbons (Fsp3) is 0.133. The van der Waals surface area contributed by atoms with Gasteiger partial charge in [-0.2, -0.15) is 0 Å². The van der Waals surface area contributed by atoms with Crippen LogP contribution in [0.2, 0.25) is 5.15 Å². The van der Waals surface area contributed by atoms with Gasteiger partial charge in [-0.25, -0.2) is 14.6 Å². The van der Waals surface area contributed by atoms with E-state index in [-0.39, 0.29) is 5.15 Å². The minimum absolute atomic E-state index is 0.206. The molecule has 8 heteroatoms. The number of anilines is 3. The summed E-state index contributed by atoms with van der Waals surface area (Å²) >= 11 is 5.87. The first kappa shape index (κ1) is 16.6. The van der Waals surface area contributed by atoms with Gasteiger partial charge in [0.25, 0.3) is 0 Å². The number of halogens is 1. The van der Waals surface area contributed by atoms with Crippen molar-refractivity contribution in [1.29, 1.82) is 0 Å². The Morgan fingerprint density at radius 3 is 2.48 bits per heavy atom. The molecule has 0 spiro atoms. The smallest absolute Gasteiger partial charge is 0.413 e. The van der Waals surface area contributed by atoms with Crippen molar-refractivity contribution in [2.45, 2.75) is 0 Å². The molecule has 0 unspecified atom stereocenters. The van der Waals surface area contributed by atoms with Crippen LogP contribution in [-0.2, 0) is 4.74 Å². The normalized spacial score (nSPS) is 9.87. The molecule has 0 aliphatic heterocycles. The summed E-state index contributed by atoms with van der Waals surface area (Å²) in [6, 6.07) is 9.56. The number of nitrogens with zero attached hydrogens (tertiary/aromatic N) is 2. The zero-order valence-electron chi connectivity index (χ0n) is 12.5. The van der Waals surface area contributed by atoms with Gasteiger partial charge < -0.3 is 15.4 Å². The summed E-state index contributed by atoms with van der Waals surface area (Å²) < 4.78 is 4.63. The average Bonchev–Trinajstić information content (AvgIpc) is 2.56. The number of hydrogen-bond donors (Lipinski definition) is 2.